The molecule has 0 bridgehead atoms. The Balaban J connectivity index is 0.00000101. The van der Waals surface area contributed by atoms with Crippen LogP contribution in [-0.4, -0.2) is 62.1 Å². The van der Waals surface area contributed by atoms with Crippen LogP contribution in [0.15, 0.2) is 47.4 Å². The van der Waals surface area contributed by atoms with Crippen LogP contribution in [0, 0.1) is 11.6 Å². The molecule has 0 aromatic heterocycles. The van der Waals surface area contributed by atoms with E-state index >= 15 is 0 Å². The Labute approximate surface area is 181 Å². The summed E-state index contributed by atoms with van der Waals surface area (Å²) in [6.07, 6.45) is 0.587. The fraction of sp³-hybridized carbons (Fsp3) is 0.409. The van der Waals surface area contributed by atoms with E-state index in [1.165, 1.54) is 19.1 Å². The van der Waals surface area contributed by atoms with Crippen molar-refractivity contribution in [1.29, 1.82) is 0 Å². The number of nitrogens with one attached hydrogen (secondary N) is 1. The minimum atomic E-state index is -0.535. The zero-order valence-electron chi connectivity index (χ0n) is 17.7. The lowest BCUT2D eigenvalue weighted by Gasteiger charge is -2.33. The SMILES string of the molecule is CC(=O)Nc1ccc(SN2CCN(CCc3ccc(F)cc3F)CC2)cc1.COC. The Kier molecular flexibility index (Phi) is 10.2. The summed E-state index contributed by atoms with van der Waals surface area (Å²) in [4.78, 5) is 14.5. The van der Waals surface area contributed by atoms with E-state index in [1.807, 2.05) is 24.3 Å². The van der Waals surface area contributed by atoms with Crippen LogP contribution < -0.4 is 5.32 Å². The molecular formula is C22H29F2N3O2S. The van der Waals surface area contributed by atoms with Crippen molar-refractivity contribution >= 4 is 23.5 Å². The Morgan fingerprint density at radius 3 is 2.27 bits per heavy atom. The molecule has 0 unspecified atom stereocenters. The molecule has 1 heterocycles. The van der Waals surface area contributed by atoms with E-state index in [-0.39, 0.29) is 5.91 Å². The van der Waals surface area contributed by atoms with Gasteiger partial charge in [0.2, 0.25) is 5.91 Å². The quantitative estimate of drug-likeness (QED) is 0.691. The summed E-state index contributed by atoms with van der Waals surface area (Å²) < 4.78 is 33.2. The topological polar surface area (TPSA) is 44.8 Å². The van der Waals surface area contributed by atoms with Gasteiger partial charge in [0.05, 0.1) is 0 Å². The molecule has 0 saturated carbocycles. The summed E-state index contributed by atoms with van der Waals surface area (Å²) in [5, 5.41) is 2.76. The maximum Gasteiger partial charge on any atom is 0.221 e. The third kappa shape index (κ3) is 8.39. The number of hydrogen-bond donors (Lipinski definition) is 1. The van der Waals surface area contributed by atoms with Gasteiger partial charge in [-0.25, -0.2) is 13.1 Å². The molecule has 0 atom stereocenters. The molecular weight excluding hydrogens is 408 g/mol. The van der Waals surface area contributed by atoms with E-state index in [4.69, 9.17) is 0 Å². The number of hydrogen-bond acceptors (Lipinski definition) is 5. The molecule has 5 nitrogen and oxygen atoms in total. The highest BCUT2D eigenvalue weighted by Gasteiger charge is 2.18. The Morgan fingerprint density at radius 2 is 1.70 bits per heavy atom. The van der Waals surface area contributed by atoms with Crippen LogP contribution in [0.1, 0.15) is 12.5 Å². The van der Waals surface area contributed by atoms with Crippen LogP contribution in [-0.2, 0) is 16.0 Å². The monoisotopic (exact) mass is 437 g/mol. The van der Waals surface area contributed by atoms with Gasteiger partial charge in [-0.1, -0.05) is 6.07 Å². The number of carbonyl (C=O) groups excluding carboxylic acids is 1. The predicted octanol–water partition coefficient (Wildman–Crippen LogP) is 4.05. The zero-order valence-corrected chi connectivity index (χ0v) is 18.5. The first-order valence-electron chi connectivity index (χ1n) is 9.78. The number of halogens is 2. The molecule has 1 saturated heterocycles. The van der Waals surface area contributed by atoms with Crippen LogP contribution in [0.25, 0.3) is 0 Å². The minimum Gasteiger partial charge on any atom is -0.388 e. The van der Waals surface area contributed by atoms with Crippen molar-refractivity contribution in [3.8, 4) is 0 Å². The summed E-state index contributed by atoms with van der Waals surface area (Å²) in [5.41, 5.74) is 1.36. The van der Waals surface area contributed by atoms with Gasteiger partial charge in [0.15, 0.2) is 0 Å². The van der Waals surface area contributed by atoms with E-state index < -0.39 is 11.6 Å². The summed E-state index contributed by atoms with van der Waals surface area (Å²) in [7, 11) is 3.25. The molecule has 2 aromatic rings. The first-order chi connectivity index (χ1) is 14.4. The van der Waals surface area contributed by atoms with Crippen LogP contribution >= 0.6 is 11.9 Å². The maximum absolute atomic E-state index is 13.7. The van der Waals surface area contributed by atoms with E-state index in [0.29, 0.717) is 12.0 Å². The van der Waals surface area contributed by atoms with Crippen LogP contribution in [0.2, 0.25) is 0 Å². The van der Waals surface area contributed by atoms with Crippen molar-refractivity contribution in [3.05, 3.63) is 59.7 Å². The van der Waals surface area contributed by atoms with E-state index in [9.17, 15) is 13.6 Å². The maximum atomic E-state index is 13.7. The highest BCUT2D eigenvalue weighted by atomic mass is 32.2. The summed E-state index contributed by atoms with van der Waals surface area (Å²) in [6.45, 7) is 5.94. The normalized spacial score (nSPS) is 14.7. The fourth-order valence-electron chi connectivity index (χ4n) is 3.00. The molecule has 1 amide bonds. The smallest absolute Gasteiger partial charge is 0.221 e. The first-order valence-corrected chi connectivity index (χ1v) is 10.6. The number of methoxy groups -OCH3 is 1. The number of carbonyl (C=O) groups is 1. The Hall–Kier alpha value is -2.00. The van der Waals surface area contributed by atoms with E-state index in [2.05, 4.69) is 19.3 Å². The van der Waals surface area contributed by atoms with Crippen molar-refractivity contribution in [2.24, 2.45) is 0 Å². The second-order valence-corrected chi connectivity index (χ2v) is 8.13. The zero-order chi connectivity index (χ0) is 21.9. The molecule has 0 spiro atoms. The third-order valence-corrected chi connectivity index (χ3v) is 5.56. The molecule has 1 aliphatic rings. The molecule has 8 heteroatoms. The highest BCUT2D eigenvalue weighted by molar-refractivity contribution is 7.97. The fourth-order valence-corrected chi connectivity index (χ4v) is 3.90. The van der Waals surface area contributed by atoms with Crippen molar-refractivity contribution in [3.63, 3.8) is 0 Å². The van der Waals surface area contributed by atoms with Crippen LogP contribution in [0.5, 0.6) is 0 Å². The van der Waals surface area contributed by atoms with Crippen molar-refractivity contribution in [1.82, 2.24) is 9.21 Å². The number of ether oxygens (including phenoxy) is 1. The van der Waals surface area contributed by atoms with Gasteiger partial charge in [-0.2, -0.15) is 0 Å². The lowest BCUT2D eigenvalue weighted by Crippen LogP contribution is -2.44. The molecule has 1 aliphatic heterocycles. The van der Waals surface area contributed by atoms with Crippen molar-refractivity contribution < 1.29 is 18.3 Å². The second kappa shape index (κ2) is 12.6. The first kappa shape index (κ1) is 24.3. The number of benzene rings is 2. The van der Waals surface area contributed by atoms with E-state index in [1.54, 1.807) is 26.2 Å². The van der Waals surface area contributed by atoms with Gasteiger partial charge >= 0.3 is 0 Å². The molecule has 0 aliphatic carbocycles. The second-order valence-electron chi connectivity index (χ2n) is 6.96. The number of anilines is 1. The number of amides is 1. The Bertz CT molecular complexity index is 797. The lowest BCUT2D eigenvalue weighted by molar-refractivity contribution is -0.114. The molecule has 0 radical (unpaired) electrons. The predicted molar refractivity (Wildman–Crippen MR) is 118 cm³/mol. The standard InChI is InChI=1S/C20H23F2N3OS.C2H6O/c1-15(26)23-18-4-6-19(7-5-18)27-25-12-10-24(11-13-25)9-8-16-2-3-17(21)14-20(16)22;1-3-2/h2-7,14H,8-13H2,1H3,(H,23,26);1-2H3. The third-order valence-electron chi connectivity index (χ3n) is 4.45. The van der Waals surface area contributed by atoms with Gasteiger partial charge in [0, 0.05) is 70.5 Å². The lowest BCUT2D eigenvalue weighted by atomic mass is 10.1. The van der Waals surface area contributed by atoms with Gasteiger partial charge in [0.25, 0.3) is 0 Å². The summed E-state index contributed by atoms with van der Waals surface area (Å²) in [6, 6.07) is 11.6. The average Bonchev–Trinajstić information content (AvgIpc) is 2.70. The van der Waals surface area contributed by atoms with Crippen molar-refractivity contribution in [2.45, 2.75) is 18.2 Å². The number of piperazine rings is 1. The number of nitrogens with zero attached hydrogens (tertiary/aromatic N) is 2. The minimum absolute atomic E-state index is 0.0768. The molecule has 164 valence electrons. The van der Waals surface area contributed by atoms with E-state index in [0.717, 1.165) is 49.4 Å². The molecule has 3 rings (SSSR count). The van der Waals surface area contributed by atoms with Gasteiger partial charge in [-0.15, -0.1) is 0 Å². The van der Waals surface area contributed by atoms with Crippen LogP contribution in [0.4, 0.5) is 14.5 Å². The van der Waals surface area contributed by atoms with Gasteiger partial charge < -0.3 is 15.0 Å². The summed E-state index contributed by atoms with van der Waals surface area (Å²) >= 11 is 1.70. The molecule has 30 heavy (non-hydrogen) atoms. The highest BCUT2D eigenvalue weighted by Crippen LogP contribution is 2.25. The van der Waals surface area contributed by atoms with Crippen molar-refractivity contribution in [2.75, 3.05) is 52.3 Å². The largest absolute Gasteiger partial charge is 0.388 e. The molecule has 2 aromatic carbocycles. The average molecular weight is 438 g/mol. The van der Waals surface area contributed by atoms with Gasteiger partial charge in [-0.05, 0) is 54.3 Å². The van der Waals surface area contributed by atoms with Crippen LogP contribution in [0.3, 0.4) is 0 Å². The van der Waals surface area contributed by atoms with Gasteiger partial charge in [-0.3, -0.25) is 4.79 Å². The van der Waals surface area contributed by atoms with Gasteiger partial charge in [0.1, 0.15) is 11.6 Å². The Morgan fingerprint density at radius 1 is 1.07 bits per heavy atom. The molecule has 1 N–H and O–H groups in total. The number of rotatable bonds is 6. The summed E-state index contributed by atoms with van der Waals surface area (Å²) in [5.74, 6) is -1.08. The molecule has 1 fully saturated rings.